The van der Waals surface area contributed by atoms with Gasteiger partial charge in [0.1, 0.15) is 4.64 Å². The van der Waals surface area contributed by atoms with Crippen molar-refractivity contribution in [3.8, 4) is 0 Å². The Morgan fingerprint density at radius 2 is 1.58 bits per heavy atom. The van der Waals surface area contributed by atoms with Crippen molar-refractivity contribution in [2.24, 2.45) is 0 Å². The topological polar surface area (TPSA) is 47.0 Å². The summed E-state index contributed by atoms with van der Waals surface area (Å²) in [5.74, 6) is -0.275. The molecular weight excluding hydrogens is 364 g/mol. The van der Waals surface area contributed by atoms with Gasteiger partial charge in [0.2, 0.25) is 0 Å². The van der Waals surface area contributed by atoms with Crippen LogP contribution < -0.4 is 0 Å². The third-order valence-electron chi connectivity index (χ3n) is 4.27. The standard InChI is InChI=1S/C20H32N2O2S2/c1-17(2)19(23)24-16-12-10-8-6-4-3-5-7-9-11-14-22-15-13-18(25)21-20(22)26/h13,15H,1,3-12,14,16H2,2H3,(H,21,25,26). The number of unbranched alkanes of at least 4 members (excludes halogenated alkanes) is 9. The van der Waals surface area contributed by atoms with E-state index < -0.39 is 0 Å². The summed E-state index contributed by atoms with van der Waals surface area (Å²) in [5.41, 5.74) is 0.473. The van der Waals surface area contributed by atoms with Gasteiger partial charge in [0, 0.05) is 18.3 Å². The second kappa shape index (κ2) is 13.9. The number of H-pyrrole nitrogens is 1. The van der Waals surface area contributed by atoms with Crippen LogP contribution in [-0.2, 0) is 16.1 Å². The van der Waals surface area contributed by atoms with E-state index in [0.717, 1.165) is 25.8 Å². The molecule has 0 saturated heterocycles. The number of nitrogens with zero attached hydrogens (tertiary/aromatic N) is 1. The molecule has 6 heteroatoms. The minimum atomic E-state index is -0.275. The number of aromatic amines is 1. The zero-order valence-electron chi connectivity index (χ0n) is 15.9. The molecule has 0 aliphatic heterocycles. The van der Waals surface area contributed by atoms with Crippen molar-refractivity contribution in [1.29, 1.82) is 0 Å². The Bertz CT molecular complexity index is 664. The van der Waals surface area contributed by atoms with Crippen LogP contribution in [-0.4, -0.2) is 22.1 Å². The summed E-state index contributed by atoms with van der Waals surface area (Å²) >= 11 is 10.3. The Kier molecular flexibility index (Phi) is 12.1. The largest absolute Gasteiger partial charge is 0.462 e. The SMILES string of the molecule is C=C(C)C(=O)OCCCCCCCCCCCCn1ccc(=S)[nH]c1=S. The van der Waals surface area contributed by atoms with E-state index in [1.165, 1.54) is 44.9 Å². The molecule has 0 unspecified atom stereocenters. The fourth-order valence-corrected chi connectivity index (χ4v) is 3.19. The number of esters is 1. The van der Waals surface area contributed by atoms with Crippen LogP contribution in [0.3, 0.4) is 0 Å². The van der Waals surface area contributed by atoms with Crippen molar-refractivity contribution in [2.75, 3.05) is 6.61 Å². The number of hydrogen-bond donors (Lipinski definition) is 1. The van der Waals surface area contributed by atoms with E-state index in [4.69, 9.17) is 29.2 Å². The average Bonchev–Trinajstić information content (AvgIpc) is 2.60. The van der Waals surface area contributed by atoms with E-state index in [-0.39, 0.29) is 5.97 Å². The van der Waals surface area contributed by atoms with Crippen molar-refractivity contribution in [3.63, 3.8) is 0 Å². The summed E-state index contributed by atoms with van der Waals surface area (Å²) < 4.78 is 8.54. The molecule has 0 aromatic carbocycles. The molecule has 1 aromatic heterocycles. The third kappa shape index (κ3) is 10.7. The molecule has 0 atom stereocenters. The normalized spacial score (nSPS) is 10.7. The first kappa shape index (κ1) is 22.8. The van der Waals surface area contributed by atoms with Gasteiger partial charge >= 0.3 is 5.97 Å². The van der Waals surface area contributed by atoms with Crippen molar-refractivity contribution in [2.45, 2.75) is 77.7 Å². The molecule has 146 valence electrons. The van der Waals surface area contributed by atoms with Gasteiger partial charge in [0.25, 0.3) is 0 Å². The number of aryl methyl sites for hydroxylation is 1. The van der Waals surface area contributed by atoms with Crippen LogP contribution in [0.2, 0.25) is 0 Å². The molecule has 0 radical (unpaired) electrons. The number of rotatable bonds is 14. The summed E-state index contributed by atoms with van der Waals surface area (Å²) in [5, 5.41) is 0. The molecule has 0 spiro atoms. The van der Waals surface area contributed by atoms with Gasteiger partial charge < -0.3 is 14.3 Å². The first-order valence-electron chi connectivity index (χ1n) is 9.63. The second-order valence-electron chi connectivity index (χ2n) is 6.76. The lowest BCUT2D eigenvalue weighted by molar-refractivity contribution is -0.139. The Labute approximate surface area is 167 Å². The molecule has 1 rings (SSSR count). The molecule has 26 heavy (non-hydrogen) atoms. The highest BCUT2D eigenvalue weighted by Crippen LogP contribution is 2.11. The maximum Gasteiger partial charge on any atom is 0.333 e. The average molecular weight is 397 g/mol. The van der Waals surface area contributed by atoms with Gasteiger partial charge in [-0.05, 0) is 38.0 Å². The van der Waals surface area contributed by atoms with Gasteiger partial charge in [-0.15, -0.1) is 0 Å². The number of aromatic nitrogens is 2. The second-order valence-corrected chi connectivity index (χ2v) is 7.58. The minimum absolute atomic E-state index is 0.275. The van der Waals surface area contributed by atoms with Gasteiger partial charge in [0.15, 0.2) is 4.77 Å². The zero-order chi connectivity index (χ0) is 19.2. The summed E-state index contributed by atoms with van der Waals surface area (Å²) in [4.78, 5) is 14.2. The van der Waals surface area contributed by atoms with Gasteiger partial charge in [-0.2, -0.15) is 0 Å². The number of carbonyl (C=O) groups is 1. The predicted octanol–water partition coefficient (Wildman–Crippen LogP) is 6.30. The lowest BCUT2D eigenvalue weighted by Crippen LogP contribution is -2.05. The van der Waals surface area contributed by atoms with Crippen LogP contribution in [0.4, 0.5) is 0 Å². The van der Waals surface area contributed by atoms with Crippen LogP contribution >= 0.6 is 24.4 Å². The monoisotopic (exact) mass is 396 g/mol. The highest BCUT2D eigenvalue weighted by molar-refractivity contribution is 7.72. The predicted molar refractivity (Wildman–Crippen MR) is 112 cm³/mol. The maximum absolute atomic E-state index is 11.2. The smallest absolute Gasteiger partial charge is 0.333 e. The fraction of sp³-hybridized carbons (Fsp3) is 0.650. The third-order valence-corrected chi connectivity index (χ3v) is 4.85. The van der Waals surface area contributed by atoms with Crippen LogP contribution in [0, 0.1) is 9.41 Å². The van der Waals surface area contributed by atoms with Crippen LogP contribution in [0.5, 0.6) is 0 Å². The Morgan fingerprint density at radius 3 is 2.12 bits per heavy atom. The van der Waals surface area contributed by atoms with E-state index >= 15 is 0 Å². The molecular formula is C20H32N2O2S2. The first-order chi connectivity index (χ1) is 12.5. The van der Waals surface area contributed by atoms with Crippen LogP contribution in [0.25, 0.3) is 0 Å². The van der Waals surface area contributed by atoms with E-state index in [2.05, 4.69) is 16.1 Å². The van der Waals surface area contributed by atoms with Crippen molar-refractivity contribution in [3.05, 3.63) is 33.8 Å². The van der Waals surface area contributed by atoms with Crippen LogP contribution in [0.15, 0.2) is 24.4 Å². The molecule has 0 bridgehead atoms. The number of ether oxygens (including phenoxy) is 1. The van der Waals surface area contributed by atoms with Crippen LogP contribution in [0.1, 0.15) is 71.1 Å². The Hall–Kier alpha value is -1.27. The molecule has 0 aliphatic carbocycles. The maximum atomic E-state index is 11.2. The van der Waals surface area contributed by atoms with Gasteiger partial charge in [-0.25, -0.2) is 4.79 Å². The minimum Gasteiger partial charge on any atom is -0.462 e. The molecule has 1 heterocycles. The number of carbonyl (C=O) groups excluding carboxylic acids is 1. The van der Waals surface area contributed by atoms with Gasteiger partial charge in [-0.3, -0.25) is 0 Å². The molecule has 0 saturated carbocycles. The highest BCUT2D eigenvalue weighted by Gasteiger charge is 2.01. The van der Waals surface area contributed by atoms with Gasteiger partial charge in [0.05, 0.1) is 6.61 Å². The highest BCUT2D eigenvalue weighted by atomic mass is 32.1. The van der Waals surface area contributed by atoms with E-state index in [1.54, 1.807) is 6.92 Å². The fourth-order valence-electron chi connectivity index (χ4n) is 2.71. The summed E-state index contributed by atoms with van der Waals surface area (Å²) in [6.45, 7) is 6.72. The molecule has 0 aliphatic rings. The first-order valence-corrected chi connectivity index (χ1v) is 10.4. The number of nitrogens with one attached hydrogen (secondary N) is 1. The van der Waals surface area contributed by atoms with Crippen molar-refractivity contribution < 1.29 is 9.53 Å². The summed E-state index contributed by atoms with van der Waals surface area (Å²) in [6.07, 6.45) is 14.1. The van der Waals surface area contributed by atoms with E-state index in [1.807, 2.05) is 12.3 Å². The Morgan fingerprint density at radius 1 is 1.04 bits per heavy atom. The van der Waals surface area contributed by atoms with E-state index in [0.29, 0.717) is 21.6 Å². The Balaban J connectivity index is 1.88. The van der Waals surface area contributed by atoms with Gasteiger partial charge in [-0.1, -0.05) is 70.2 Å². The molecule has 1 N–H and O–H groups in total. The molecule has 0 fully saturated rings. The zero-order valence-corrected chi connectivity index (χ0v) is 17.6. The molecule has 1 aromatic rings. The number of hydrogen-bond acceptors (Lipinski definition) is 4. The lowest BCUT2D eigenvalue weighted by Gasteiger charge is -2.06. The summed E-state index contributed by atoms with van der Waals surface area (Å²) in [6, 6.07) is 1.88. The summed E-state index contributed by atoms with van der Waals surface area (Å²) in [7, 11) is 0. The lowest BCUT2D eigenvalue weighted by atomic mass is 10.1. The van der Waals surface area contributed by atoms with E-state index in [9.17, 15) is 4.79 Å². The quantitative estimate of drug-likeness (QED) is 0.174. The molecule has 0 amide bonds. The van der Waals surface area contributed by atoms with Crippen molar-refractivity contribution >= 4 is 30.4 Å². The molecule has 4 nitrogen and oxygen atoms in total. The van der Waals surface area contributed by atoms with Crippen molar-refractivity contribution in [1.82, 2.24) is 9.55 Å².